The number of para-hydroxylation sites is 1. The van der Waals surface area contributed by atoms with Gasteiger partial charge in [0.05, 0.1) is 0 Å². The van der Waals surface area contributed by atoms with Crippen molar-refractivity contribution in [2.75, 3.05) is 0 Å². The van der Waals surface area contributed by atoms with Crippen LogP contribution in [0.4, 0.5) is 0 Å². The maximum absolute atomic E-state index is 5.08. The molecule has 0 fully saturated rings. The Kier molecular flexibility index (Phi) is 1.10. The number of aryl methyl sites for hydroxylation is 1. The first-order chi connectivity index (χ1) is 4.88. The lowest BCUT2D eigenvalue weighted by Gasteiger charge is -1.98. The molecule has 1 heterocycles. The minimum atomic E-state index is 0.806. The average Bonchev–Trinajstić information content (AvgIpc) is 2.36. The van der Waals surface area contributed by atoms with Gasteiger partial charge in [-0.25, -0.2) is 0 Å². The predicted octanol–water partition coefficient (Wildman–Crippen LogP) is 1.30. The number of hydrogen-bond donors (Lipinski definition) is 0. The van der Waals surface area contributed by atoms with Crippen LogP contribution in [-0.2, 0) is 0 Å². The number of fused-ring (bicyclic) bond motifs is 1. The van der Waals surface area contributed by atoms with Gasteiger partial charge >= 0.3 is 7.69 Å². The van der Waals surface area contributed by atoms with Crippen molar-refractivity contribution >= 4 is 7.69 Å². The van der Waals surface area contributed by atoms with Crippen LogP contribution in [0.3, 0.4) is 0 Å². The molecule has 1 aliphatic heterocycles. The minimum Gasteiger partial charge on any atom is -0.524 e. The van der Waals surface area contributed by atoms with Gasteiger partial charge in [-0.2, -0.15) is 0 Å². The zero-order valence-electron chi connectivity index (χ0n) is 5.63. The van der Waals surface area contributed by atoms with E-state index in [1.807, 2.05) is 25.1 Å². The first-order valence-corrected chi connectivity index (χ1v) is 3.12. The third-order valence-electron chi connectivity index (χ3n) is 1.52. The number of hydrogen-bond acceptors (Lipinski definition) is 2. The summed E-state index contributed by atoms with van der Waals surface area (Å²) in [6.07, 6.45) is 0. The van der Waals surface area contributed by atoms with Crippen LogP contribution >= 0.6 is 0 Å². The number of benzene rings is 1. The summed E-state index contributed by atoms with van der Waals surface area (Å²) >= 11 is 0. The topological polar surface area (TPSA) is 18.5 Å². The summed E-state index contributed by atoms with van der Waals surface area (Å²) in [6.45, 7) is 1.99. The van der Waals surface area contributed by atoms with E-state index in [2.05, 4.69) is 0 Å². The van der Waals surface area contributed by atoms with Gasteiger partial charge < -0.3 is 9.31 Å². The molecule has 0 amide bonds. The molecule has 1 aromatic rings. The Balaban J connectivity index is 2.59. The highest BCUT2D eigenvalue weighted by atomic mass is 16.6. The van der Waals surface area contributed by atoms with Crippen LogP contribution in [0, 0.1) is 6.92 Å². The first kappa shape index (κ1) is 5.65. The van der Waals surface area contributed by atoms with Gasteiger partial charge in [-0.1, -0.05) is 12.1 Å². The van der Waals surface area contributed by atoms with Crippen LogP contribution in [0.15, 0.2) is 18.2 Å². The molecule has 0 unspecified atom stereocenters. The van der Waals surface area contributed by atoms with Gasteiger partial charge in [0.15, 0.2) is 0 Å². The quantitative estimate of drug-likeness (QED) is 0.496. The molecule has 3 heteroatoms. The standard InChI is InChI=1S/C7H6BO2/c1-5-3-2-4-6-7(5)10-8-9-6/h2-4H,1H3. The van der Waals surface area contributed by atoms with E-state index < -0.39 is 0 Å². The molecule has 49 valence electrons. The number of rotatable bonds is 0. The summed E-state index contributed by atoms with van der Waals surface area (Å²) in [4.78, 5) is 0. The molecular weight excluding hydrogens is 127 g/mol. The molecule has 2 rings (SSSR count). The third kappa shape index (κ3) is 0.669. The first-order valence-electron chi connectivity index (χ1n) is 3.12. The lowest BCUT2D eigenvalue weighted by Crippen LogP contribution is -2.00. The van der Waals surface area contributed by atoms with Gasteiger partial charge in [-0.05, 0) is 18.6 Å². The molecule has 0 atom stereocenters. The molecule has 1 aliphatic rings. The van der Waals surface area contributed by atoms with E-state index in [1.165, 1.54) is 7.69 Å². The predicted molar refractivity (Wildman–Crippen MR) is 38.2 cm³/mol. The van der Waals surface area contributed by atoms with E-state index in [0.717, 1.165) is 17.1 Å². The highest BCUT2D eigenvalue weighted by molar-refractivity contribution is 6.23. The lowest BCUT2D eigenvalue weighted by atomic mass is 10.2. The van der Waals surface area contributed by atoms with E-state index >= 15 is 0 Å². The van der Waals surface area contributed by atoms with Crippen molar-refractivity contribution in [2.24, 2.45) is 0 Å². The summed E-state index contributed by atoms with van der Waals surface area (Å²) in [5.74, 6) is 1.64. The van der Waals surface area contributed by atoms with Crippen molar-refractivity contribution in [1.82, 2.24) is 0 Å². The van der Waals surface area contributed by atoms with Crippen molar-refractivity contribution in [3.63, 3.8) is 0 Å². The second kappa shape index (κ2) is 1.94. The van der Waals surface area contributed by atoms with Gasteiger partial charge in [0.25, 0.3) is 0 Å². The monoisotopic (exact) mass is 133 g/mol. The normalized spacial score (nSPS) is 12.9. The van der Waals surface area contributed by atoms with Crippen molar-refractivity contribution in [2.45, 2.75) is 6.92 Å². The highest BCUT2D eigenvalue weighted by Crippen LogP contribution is 2.33. The Bertz CT molecular complexity index is 260. The maximum atomic E-state index is 5.08. The summed E-state index contributed by atoms with van der Waals surface area (Å²) in [5, 5.41) is 0. The summed E-state index contributed by atoms with van der Waals surface area (Å²) in [7, 11) is 1.34. The van der Waals surface area contributed by atoms with Gasteiger partial charge in [0.1, 0.15) is 11.5 Å². The Morgan fingerprint density at radius 1 is 1.30 bits per heavy atom. The molecule has 0 saturated carbocycles. The summed E-state index contributed by atoms with van der Waals surface area (Å²) in [6, 6.07) is 5.81. The van der Waals surface area contributed by atoms with Crippen molar-refractivity contribution < 1.29 is 9.31 Å². The van der Waals surface area contributed by atoms with E-state index in [0.29, 0.717) is 0 Å². The molecule has 1 radical (unpaired) electrons. The molecule has 0 aromatic heterocycles. The second-order valence-corrected chi connectivity index (χ2v) is 2.23. The van der Waals surface area contributed by atoms with E-state index in [4.69, 9.17) is 9.31 Å². The van der Waals surface area contributed by atoms with E-state index in [9.17, 15) is 0 Å². The Labute approximate surface area is 60.1 Å². The molecule has 0 N–H and O–H groups in total. The Morgan fingerprint density at radius 3 is 3.00 bits per heavy atom. The zero-order chi connectivity index (χ0) is 6.97. The Hall–Kier alpha value is -1.12. The lowest BCUT2D eigenvalue weighted by molar-refractivity contribution is 0.540. The second-order valence-electron chi connectivity index (χ2n) is 2.23. The summed E-state index contributed by atoms with van der Waals surface area (Å²) < 4.78 is 10.1. The molecular formula is C7H6BO2. The fourth-order valence-electron chi connectivity index (χ4n) is 0.993. The highest BCUT2D eigenvalue weighted by Gasteiger charge is 2.17. The third-order valence-corrected chi connectivity index (χ3v) is 1.52. The largest absolute Gasteiger partial charge is 0.658 e. The van der Waals surface area contributed by atoms with Gasteiger partial charge in [-0.15, -0.1) is 0 Å². The van der Waals surface area contributed by atoms with E-state index in [1.54, 1.807) is 0 Å². The van der Waals surface area contributed by atoms with Crippen molar-refractivity contribution in [3.8, 4) is 11.5 Å². The minimum absolute atomic E-state index is 0.806. The molecule has 10 heavy (non-hydrogen) atoms. The van der Waals surface area contributed by atoms with Crippen LogP contribution in [0.2, 0.25) is 0 Å². The summed E-state index contributed by atoms with van der Waals surface area (Å²) in [5.41, 5.74) is 1.10. The molecule has 1 aromatic carbocycles. The van der Waals surface area contributed by atoms with Crippen LogP contribution in [-0.4, -0.2) is 7.69 Å². The Morgan fingerprint density at radius 2 is 2.20 bits per heavy atom. The fourth-order valence-corrected chi connectivity index (χ4v) is 0.993. The van der Waals surface area contributed by atoms with Crippen LogP contribution in [0.1, 0.15) is 5.56 Å². The average molecular weight is 133 g/mol. The SMILES string of the molecule is Cc1cccc2c1O[B]O2. The van der Waals surface area contributed by atoms with Gasteiger partial charge in [0.2, 0.25) is 0 Å². The van der Waals surface area contributed by atoms with Crippen molar-refractivity contribution in [1.29, 1.82) is 0 Å². The molecule has 0 saturated heterocycles. The fraction of sp³-hybridized carbons (Fsp3) is 0.143. The molecule has 2 nitrogen and oxygen atoms in total. The van der Waals surface area contributed by atoms with Crippen LogP contribution < -0.4 is 9.31 Å². The van der Waals surface area contributed by atoms with Crippen LogP contribution in [0.25, 0.3) is 0 Å². The van der Waals surface area contributed by atoms with Crippen LogP contribution in [0.5, 0.6) is 11.5 Å². The van der Waals surface area contributed by atoms with Crippen molar-refractivity contribution in [3.05, 3.63) is 23.8 Å². The molecule has 0 spiro atoms. The molecule has 0 bridgehead atoms. The maximum Gasteiger partial charge on any atom is 0.658 e. The zero-order valence-corrected chi connectivity index (χ0v) is 5.63. The smallest absolute Gasteiger partial charge is 0.524 e. The van der Waals surface area contributed by atoms with Gasteiger partial charge in [-0.3, -0.25) is 0 Å². The van der Waals surface area contributed by atoms with Gasteiger partial charge in [0, 0.05) is 0 Å². The van der Waals surface area contributed by atoms with E-state index in [-0.39, 0.29) is 0 Å². The molecule has 0 aliphatic carbocycles.